The third kappa shape index (κ3) is 1.24. The largest absolute Gasteiger partial charge is 0.353 e. The van der Waals surface area contributed by atoms with Crippen LogP contribution >= 0.6 is 11.8 Å². The van der Waals surface area contributed by atoms with Crippen LogP contribution in [0.2, 0.25) is 0 Å². The van der Waals surface area contributed by atoms with E-state index in [4.69, 9.17) is 0 Å². The summed E-state index contributed by atoms with van der Waals surface area (Å²) in [7, 11) is 0. The Morgan fingerprint density at radius 3 is 2.67 bits per heavy atom. The van der Waals surface area contributed by atoms with E-state index in [0.29, 0.717) is 11.5 Å². The zero-order valence-corrected chi connectivity index (χ0v) is 8.25. The second-order valence-electron chi connectivity index (χ2n) is 3.94. The van der Waals surface area contributed by atoms with E-state index in [-0.39, 0.29) is 5.91 Å². The summed E-state index contributed by atoms with van der Waals surface area (Å²) in [5.74, 6) is 2.73. The molecule has 0 bridgehead atoms. The van der Waals surface area contributed by atoms with Crippen LogP contribution in [0.5, 0.6) is 0 Å². The molecule has 68 valence electrons. The first-order chi connectivity index (χ1) is 5.73. The van der Waals surface area contributed by atoms with Crippen LogP contribution in [0.1, 0.15) is 26.2 Å². The van der Waals surface area contributed by atoms with E-state index in [9.17, 15) is 4.79 Å². The van der Waals surface area contributed by atoms with E-state index in [2.05, 4.69) is 12.2 Å². The zero-order valence-electron chi connectivity index (χ0n) is 7.43. The molecule has 2 rings (SSSR count). The van der Waals surface area contributed by atoms with E-state index in [1.807, 2.05) is 11.8 Å². The molecule has 3 heteroatoms. The first kappa shape index (κ1) is 8.42. The quantitative estimate of drug-likeness (QED) is 0.618. The highest BCUT2D eigenvalue weighted by molar-refractivity contribution is 7.99. The van der Waals surface area contributed by atoms with Crippen LogP contribution in [-0.2, 0) is 4.79 Å². The van der Waals surface area contributed by atoms with E-state index < -0.39 is 0 Å². The van der Waals surface area contributed by atoms with Crippen LogP contribution < -0.4 is 5.32 Å². The Morgan fingerprint density at radius 1 is 1.50 bits per heavy atom. The molecule has 0 radical (unpaired) electrons. The SMILES string of the molecule is CC1NC(=O)CC12CCSCC2. The Bertz CT molecular complexity index is 199. The van der Waals surface area contributed by atoms with Crippen molar-refractivity contribution in [3.8, 4) is 0 Å². The van der Waals surface area contributed by atoms with Crippen molar-refractivity contribution in [3.05, 3.63) is 0 Å². The lowest BCUT2D eigenvalue weighted by atomic mass is 9.76. The second-order valence-corrected chi connectivity index (χ2v) is 5.17. The number of hydrogen-bond acceptors (Lipinski definition) is 2. The molecule has 0 aromatic rings. The molecule has 2 saturated heterocycles. The molecule has 1 N–H and O–H groups in total. The minimum atomic E-state index is 0.259. The number of carbonyl (C=O) groups excluding carboxylic acids is 1. The maximum absolute atomic E-state index is 11.2. The smallest absolute Gasteiger partial charge is 0.220 e. The van der Waals surface area contributed by atoms with Gasteiger partial charge < -0.3 is 5.32 Å². The molecule has 2 aliphatic rings. The highest BCUT2D eigenvalue weighted by Gasteiger charge is 2.44. The van der Waals surface area contributed by atoms with Crippen molar-refractivity contribution < 1.29 is 4.79 Å². The van der Waals surface area contributed by atoms with Gasteiger partial charge in [-0.05, 0) is 31.3 Å². The Hall–Kier alpha value is -0.180. The minimum Gasteiger partial charge on any atom is -0.353 e. The van der Waals surface area contributed by atoms with Crippen molar-refractivity contribution in [1.29, 1.82) is 0 Å². The minimum absolute atomic E-state index is 0.259. The van der Waals surface area contributed by atoms with Crippen molar-refractivity contribution in [1.82, 2.24) is 5.32 Å². The van der Waals surface area contributed by atoms with Gasteiger partial charge in [-0.25, -0.2) is 0 Å². The molecule has 0 saturated carbocycles. The lowest BCUT2D eigenvalue weighted by Gasteiger charge is -2.35. The Labute approximate surface area is 77.5 Å². The molecule has 0 aromatic carbocycles. The van der Waals surface area contributed by atoms with Crippen molar-refractivity contribution in [2.45, 2.75) is 32.2 Å². The molecule has 0 aliphatic carbocycles. The fourth-order valence-corrected chi connectivity index (χ4v) is 3.61. The molecule has 1 amide bonds. The molecule has 0 aromatic heterocycles. The molecule has 2 nitrogen and oxygen atoms in total. The molecule has 1 spiro atoms. The molecule has 12 heavy (non-hydrogen) atoms. The summed E-state index contributed by atoms with van der Waals surface area (Å²) in [4.78, 5) is 11.2. The van der Waals surface area contributed by atoms with Gasteiger partial charge in [-0.2, -0.15) is 11.8 Å². The highest BCUT2D eigenvalue weighted by atomic mass is 32.2. The normalized spacial score (nSPS) is 33.8. The monoisotopic (exact) mass is 185 g/mol. The van der Waals surface area contributed by atoms with Gasteiger partial charge in [-0.1, -0.05) is 0 Å². The number of rotatable bonds is 0. The van der Waals surface area contributed by atoms with Crippen molar-refractivity contribution in [3.63, 3.8) is 0 Å². The predicted octanol–water partition coefficient (Wildman–Crippen LogP) is 1.41. The standard InChI is InChI=1S/C9H15NOS/c1-7-9(6-8(11)10-7)2-4-12-5-3-9/h7H,2-6H2,1H3,(H,10,11). The van der Waals surface area contributed by atoms with E-state index in [0.717, 1.165) is 6.42 Å². The number of amides is 1. The van der Waals surface area contributed by atoms with Gasteiger partial charge in [0.25, 0.3) is 0 Å². The predicted molar refractivity (Wildman–Crippen MR) is 51.2 cm³/mol. The first-order valence-corrected chi connectivity index (χ1v) is 5.76. The van der Waals surface area contributed by atoms with Gasteiger partial charge in [0.15, 0.2) is 0 Å². The maximum Gasteiger partial charge on any atom is 0.220 e. The average molecular weight is 185 g/mol. The highest BCUT2D eigenvalue weighted by Crippen LogP contribution is 2.43. The summed E-state index contributed by atoms with van der Waals surface area (Å²) < 4.78 is 0. The topological polar surface area (TPSA) is 29.1 Å². The van der Waals surface area contributed by atoms with Crippen LogP contribution in [0.4, 0.5) is 0 Å². The van der Waals surface area contributed by atoms with Crippen molar-refractivity contribution in [2.24, 2.45) is 5.41 Å². The molecule has 1 unspecified atom stereocenters. The zero-order chi connectivity index (χ0) is 8.60. The summed E-state index contributed by atoms with van der Waals surface area (Å²) in [6.07, 6.45) is 3.21. The fourth-order valence-electron chi connectivity index (χ4n) is 2.31. The fraction of sp³-hybridized carbons (Fsp3) is 0.889. The Morgan fingerprint density at radius 2 is 2.17 bits per heavy atom. The Balaban J connectivity index is 2.13. The van der Waals surface area contributed by atoms with Crippen LogP contribution in [0.25, 0.3) is 0 Å². The third-order valence-electron chi connectivity index (χ3n) is 3.30. The van der Waals surface area contributed by atoms with Gasteiger partial charge in [0, 0.05) is 17.9 Å². The lowest BCUT2D eigenvalue weighted by Crippen LogP contribution is -2.37. The third-order valence-corrected chi connectivity index (χ3v) is 4.28. The average Bonchev–Trinajstić information content (AvgIpc) is 2.29. The van der Waals surface area contributed by atoms with Crippen LogP contribution in [0, 0.1) is 5.41 Å². The van der Waals surface area contributed by atoms with Crippen LogP contribution in [0.3, 0.4) is 0 Å². The van der Waals surface area contributed by atoms with E-state index >= 15 is 0 Å². The summed E-state index contributed by atoms with van der Waals surface area (Å²) in [5.41, 5.74) is 0.322. The van der Waals surface area contributed by atoms with Crippen LogP contribution in [-0.4, -0.2) is 23.5 Å². The molecule has 2 fully saturated rings. The second kappa shape index (κ2) is 2.95. The van der Waals surface area contributed by atoms with Gasteiger partial charge in [0.05, 0.1) is 0 Å². The number of thioether (sulfide) groups is 1. The van der Waals surface area contributed by atoms with Crippen LogP contribution in [0.15, 0.2) is 0 Å². The van der Waals surface area contributed by atoms with Crippen molar-refractivity contribution >= 4 is 17.7 Å². The molecular formula is C9H15NOS. The van der Waals surface area contributed by atoms with E-state index in [1.54, 1.807) is 0 Å². The number of hydrogen-bond donors (Lipinski definition) is 1. The van der Waals surface area contributed by atoms with Gasteiger partial charge in [-0.3, -0.25) is 4.79 Å². The summed E-state index contributed by atoms with van der Waals surface area (Å²) in [6, 6.07) is 0.408. The molecule has 2 heterocycles. The summed E-state index contributed by atoms with van der Waals surface area (Å²) in [5, 5.41) is 3.03. The van der Waals surface area contributed by atoms with Crippen molar-refractivity contribution in [2.75, 3.05) is 11.5 Å². The van der Waals surface area contributed by atoms with Gasteiger partial charge >= 0.3 is 0 Å². The summed E-state index contributed by atoms with van der Waals surface area (Å²) >= 11 is 2.02. The Kier molecular flexibility index (Phi) is 2.07. The molecule has 2 aliphatic heterocycles. The van der Waals surface area contributed by atoms with E-state index in [1.165, 1.54) is 24.3 Å². The lowest BCUT2D eigenvalue weighted by molar-refractivity contribution is -0.119. The maximum atomic E-state index is 11.2. The molecular weight excluding hydrogens is 170 g/mol. The molecule has 1 atom stereocenters. The number of carbonyl (C=O) groups is 1. The van der Waals surface area contributed by atoms with Gasteiger partial charge in [0.2, 0.25) is 5.91 Å². The summed E-state index contributed by atoms with van der Waals surface area (Å²) in [6.45, 7) is 2.15. The number of nitrogens with one attached hydrogen (secondary N) is 1. The van der Waals surface area contributed by atoms with Gasteiger partial charge in [-0.15, -0.1) is 0 Å². The van der Waals surface area contributed by atoms with Gasteiger partial charge in [0.1, 0.15) is 0 Å². The first-order valence-electron chi connectivity index (χ1n) is 4.60.